The number of aliphatic hydroxyl groups excluding tert-OH is 1. The number of aryl methyl sites for hydroxylation is 1. The fourth-order valence-corrected chi connectivity index (χ4v) is 5.35. The van der Waals surface area contributed by atoms with Crippen LogP contribution in [0.3, 0.4) is 0 Å². The molecule has 2 fully saturated rings. The third-order valence-electron chi connectivity index (χ3n) is 7.81. The molecule has 1 amide bonds. The molecule has 1 atom stereocenters. The van der Waals surface area contributed by atoms with E-state index in [9.17, 15) is 14.7 Å². The first-order valence-electron chi connectivity index (χ1n) is 14.5. The Labute approximate surface area is 238 Å². The number of likely N-dealkylation sites (tertiary alicyclic amines) is 1. The number of rotatable bonds is 10. The van der Waals surface area contributed by atoms with Gasteiger partial charge in [-0.25, -0.2) is 0 Å². The minimum absolute atomic E-state index is 0.0308. The van der Waals surface area contributed by atoms with Crippen molar-refractivity contribution < 1.29 is 24.2 Å². The van der Waals surface area contributed by atoms with Crippen molar-refractivity contribution in [1.29, 1.82) is 0 Å². The van der Waals surface area contributed by atoms with Crippen LogP contribution in [0, 0.1) is 6.92 Å². The molecule has 0 aromatic heterocycles. The number of hydrogen-bond donors (Lipinski definition) is 1. The van der Waals surface area contributed by atoms with Gasteiger partial charge in [-0.05, 0) is 60.1 Å². The predicted octanol–water partition coefficient (Wildman–Crippen LogP) is 5.62. The number of Topliss-reactive ketones (excluding diaryl/α,β-unsaturated/α-hetero) is 1. The Morgan fingerprint density at radius 2 is 1.73 bits per heavy atom. The van der Waals surface area contributed by atoms with Gasteiger partial charge < -0.3 is 19.5 Å². The Hall–Kier alpha value is -3.16. The molecule has 2 aromatic rings. The maximum absolute atomic E-state index is 13.5. The summed E-state index contributed by atoms with van der Waals surface area (Å²) in [5.41, 5.74) is 3.45. The van der Waals surface area contributed by atoms with E-state index in [0.717, 1.165) is 61.3 Å². The zero-order chi connectivity index (χ0) is 28.9. The molecule has 4 rings (SSSR count). The second-order valence-electron chi connectivity index (χ2n) is 11.9. The van der Waals surface area contributed by atoms with E-state index in [1.807, 2.05) is 31.2 Å². The van der Waals surface area contributed by atoms with Crippen molar-refractivity contribution in [3.05, 3.63) is 70.3 Å². The standard InChI is InChI=1S/C33H44N2O5/c1-6-7-19-40-27-14-11-25(22-23(27)2)30(36)28-29(24-9-12-26(13-10-24)33(3,4)5)35(32(38)31(28)37)16-8-15-34-17-20-39-21-18-34/h9-14,22,29,36H,6-8,15-21H2,1-5H3/t29-/m0/s1. The van der Waals surface area contributed by atoms with Crippen molar-refractivity contribution in [1.82, 2.24) is 9.80 Å². The van der Waals surface area contributed by atoms with Crippen molar-refractivity contribution in [3.63, 3.8) is 0 Å². The number of carbonyl (C=O) groups excluding carboxylic acids is 2. The van der Waals surface area contributed by atoms with Crippen LogP contribution >= 0.6 is 0 Å². The normalized spacial score (nSPS) is 19.8. The molecular formula is C33H44N2O5. The number of ketones is 1. The third-order valence-corrected chi connectivity index (χ3v) is 7.81. The number of morpholine rings is 1. The minimum atomic E-state index is -0.653. The van der Waals surface area contributed by atoms with E-state index in [-0.39, 0.29) is 16.7 Å². The number of unbranched alkanes of at least 4 members (excludes halogenated alkanes) is 1. The average molecular weight is 549 g/mol. The lowest BCUT2D eigenvalue weighted by molar-refractivity contribution is -0.140. The molecule has 2 aliphatic heterocycles. The van der Waals surface area contributed by atoms with Crippen LogP contribution in [0.4, 0.5) is 0 Å². The number of ether oxygens (including phenoxy) is 2. The second-order valence-corrected chi connectivity index (χ2v) is 11.9. The van der Waals surface area contributed by atoms with Crippen molar-refractivity contribution in [3.8, 4) is 5.75 Å². The highest BCUT2D eigenvalue weighted by atomic mass is 16.5. The SMILES string of the molecule is CCCCOc1ccc(C(O)=C2C(=O)C(=O)N(CCCN3CCOCC3)[C@H]2c2ccc(C(C)(C)C)cc2)cc1C. The number of aliphatic hydroxyl groups is 1. The third kappa shape index (κ3) is 6.76. The summed E-state index contributed by atoms with van der Waals surface area (Å²) in [4.78, 5) is 30.8. The molecule has 7 nitrogen and oxygen atoms in total. The molecule has 2 heterocycles. The van der Waals surface area contributed by atoms with Crippen molar-refractivity contribution in [2.45, 2.75) is 65.3 Å². The van der Waals surface area contributed by atoms with Gasteiger partial charge in [0.2, 0.25) is 0 Å². The summed E-state index contributed by atoms with van der Waals surface area (Å²) in [7, 11) is 0. The molecule has 2 aliphatic rings. The summed E-state index contributed by atoms with van der Waals surface area (Å²) in [6.45, 7) is 15.5. The van der Waals surface area contributed by atoms with Crippen LogP contribution < -0.4 is 4.74 Å². The molecular weight excluding hydrogens is 504 g/mol. The second kappa shape index (κ2) is 13.0. The summed E-state index contributed by atoms with van der Waals surface area (Å²) in [6, 6.07) is 12.8. The van der Waals surface area contributed by atoms with E-state index in [1.54, 1.807) is 11.0 Å². The summed E-state index contributed by atoms with van der Waals surface area (Å²) in [5, 5.41) is 11.5. The predicted molar refractivity (Wildman–Crippen MR) is 158 cm³/mol. The molecule has 0 spiro atoms. The van der Waals surface area contributed by atoms with E-state index in [1.165, 1.54) is 0 Å². The Bertz CT molecular complexity index is 1220. The van der Waals surface area contributed by atoms with Gasteiger partial charge in [0.25, 0.3) is 11.7 Å². The first-order valence-corrected chi connectivity index (χ1v) is 14.5. The average Bonchev–Trinajstić information content (AvgIpc) is 3.19. The number of amides is 1. The van der Waals surface area contributed by atoms with Gasteiger partial charge >= 0.3 is 0 Å². The number of benzene rings is 2. The maximum atomic E-state index is 13.5. The van der Waals surface area contributed by atoms with E-state index in [2.05, 4.69) is 44.7 Å². The number of carbonyl (C=O) groups is 2. The van der Waals surface area contributed by atoms with Crippen molar-refractivity contribution in [2.75, 3.05) is 46.0 Å². The van der Waals surface area contributed by atoms with Gasteiger partial charge in [-0.3, -0.25) is 14.5 Å². The first-order chi connectivity index (χ1) is 19.1. The van der Waals surface area contributed by atoms with E-state index in [4.69, 9.17) is 9.47 Å². The van der Waals surface area contributed by atoms with Gasteiger partial charge in [0.05, 0.1) is 31.4 Å². The molecule has 0 bridgehead atoms. The lowest BCUT2D eigenvalue weighted by Gasteiger charge is -2.29. The largest absolute Gasteiger partial charge is 0.507 e. The zero-order valence-electron chi connectivity index (χ0n) is 24.7. The molecule has 40 heavy (non-hydrogen) atoms. The van der Waals surface area contributed by atoms with Crippen LogP contribution in [-0.4, -0.2) is 72.6 Å². The maximum Gasteiger partial charge on any atom is 0.295 e. The van der Waals surface area contributed by atoms with Gasteiger partial charge in [-0.1, -0.05) is 58.4 Å². The quantitative estimate of drug-likeness (QED) is 0.180. The summed E-state index contributed by atoms with van der Waals surface area (Å²) < 4.78 is 11.3. The molecule has 2 aromatic carbocycles. The highest BCUT2D eigenvalue weighted by molar-refractivity contribution is 6.46. The molecule has 1 N–H and O–H groups in total. The monoisotopic (exact) mass is 548 g/mol. The van der Waals surface area contributed by atoms with Crippen LogP contribution in [0.25, 0.3) is 5.76 Å². The van der Waals surface area contributed by atoms with Gasteiger partial charge in [0.1, 0.15) is 11.5 Å². The number of nitrogens with zero attached hydrogens (tertiary/aromatic N) is 2. The lowest BCUT2D eigenvalue weighted by Crippen LogP contribution is -2.39. The fourth-order valence-electron chi connectivity index (χ4n) is 5.35. The smallest absolute Gasteiger partial charge is 0.295 e. The summed E-state index contributed by atoms with van der Waals surface area (Å²) in [5.74, 6) is -0.607. The van der Waals surface area contributed by atoms with Crippen LogP contribution in [0.2, 0.25) is 0 Å². The van der Waals surface area contributed by atoms with Gasteiger partial charge in [-0.2, -0.15) is 0 Å². The molecule has 7 heteroatoms. The number of hydrogen-bond acceptors (Lipinski definition) is 6. The van der Waals surface area contributed by atoms with E-state index in [0.29, 0.717) is 31.9 Å². The molecule has 0 saturated carbocycles. The lowest BCUT2D eigenvalue weighted by atomic mass is 9.85. The molecule has 2 saturated heterocycles. The van der Waals surface area contributed by atoms with Gasteiger partial charge in [0, 0.05) is 31.7 Å². The Balaban J connectivity index is 1.67. The Morgan fingerprint density at radius 3 is 2.35 bits per heavy atom. The van der Waals surface area contributed by atoms with Crippen molar-refractivity contribution >= 4 is 17.4 Å². The van der Waals surface area contributed by atoms with Crippen LogP contribution in [0.1, 0.15) is 75.3 Å². The van der Waals surface area contributed by atoms with Crippen LogP contribution in [-0.2, 0) is 19.7 Å². The van der Waals surface area contributed by atoms with Crippen LogP contribution in [0.5, 0.6) is 5.75 Å². The summed E-state index contributed by atoms with van der Waals surface area (Å²) >= 11 is 0. The fraction of sp³-hybridized carbons (Fsp3) is 0.515. The molecule has 216 valence electrons. The molecule has 0 aliphatic carbocycles. The first kappa shape index (κ1) is 29.8. The molecule has 0 radical (unpaired) electrons. The Morgan fingerprint density at radius 1 is 1.02 bits per heavy atom. The zero-order valence-corrected chi connectivity index (χ0v) is 24.7. The molecule has 0 unspecified atom stereocenters. The summed E-state index contributed by atoms with van der Waals surface area (Å²) in [6.07, 6.45) is 2.73. The van der Waals surface area contributed by atoms with Gasteiger partial charge in [-0.15, -0.1) is 0 Å². The highest BCUT2D eigenvalue weighted by Crippen LogP contribution is 2.40. The van der Waals surface area contributed by atoms with E-state index >= 15 is 0 Å². The topological polar surface area (TPSA) is 79.3 Å². The van der Waals surface area contributed by atoms with Gasteiger partial charge in [0.15, 0.2) is 0 Å². The Kier molecular flexibility index (Phi) is 9.69. The minimum Gasteiger partial charge on any atom is -0.507 e. The highest BCUT2D eigenvalue weighted by Gasteiger charge is 2.46. The van der Waals surface area contributed by atoms with Crippen molar-refractivity contribution in [2.24, 2.45) is 0 Å². The van der Waals surface area contributed by atoms with E-state index < -0.39 is 17.7 Å². The van der Waals surface area contributed by atoms with Crippen LogP contribution in [0.15, 0.2) is 48.0 Å².